The van der Waals surface area contributed by atoms with Crippen molar-refractivity contribution in [3.63, 3.8) is 0 Å². The smallest absolute Gasteiger partial charge is 0.262 e. The monoisotopic (exact) mass is 788 g/mol. The number of ether oxygens (including phenoxy) is 2. The number of methoxy groups -OCH3 is 1. The summed E-state index contributed by atoms with van der Waals surface area (Å²) in [6.45, 7) is 12.5. The number of hydrogen-bond acceptors (Lipinski definition) is 9. The van der Waals surface area contributed by atoms with E-state index in [0.29, 0.717) is 24.5 Å². The summed E-state index contributed by atoms with van der Waals surface area (Å²) in [7, 11) is -1.11. The quantitative estimate of drug-likeness (QED) is 0.209. The van der Waals surface area contributed by atoms with Gasteiger partial charge < -0.3 is 19.3 Å². The van der Waals surface area contributed by atoms with Gasteiger partial charge in [0.25, 0.3) is 5.91 Å². The zero-order chi connectivity index (χ0) is 38.7. The summed E-state index contributed by atoms with van der Waals surface area (Å²) >= 11 is 6.51. The van der Waals surface area contributed by atoms with Gasteiger partial charge in [0.2, 0.25) is 5.95 Å². The fourth-order valence-corrected chi connectivity index (χ4v) is 10.7. The average Bonchev–Trinajstić information content (AvgIpc) is 3.35. The van der Waals surface area contributed by atoms with E-state index in [1.165, 1.54) is 11.1 Å². The van der Waals surface area contributed by atoms with Gasteiger partial charge in [-0.2, -0.15) is 0 Å². The van der Waals surface area contributed by atoms with Crippen molar-refractivity contribution in [2.45, 2.75) is 69.6 Å². The van der Waals surface area contributed by atoms with Crippen molar-refractivity contribution in [1.82, 2.24) is 19.6 Å². The van der Waals surface area contributed by atoms with Crippen molar-refractivity contribution in [1.29, 1.82) is 0 Å². The topological polar surface area (TPSA) is 100 Å². The van der Waals surface area contributed by atoms with Crippen molar-refractivity contribution in [2.75, 3.05) is 69.3 Å². The standard InChI is InChI=1S/C43H57ClN6O4S/c1-6-9-32-24-36(44)13-14-37(32)35-27-50-26-34-11-15-38(34)43(53-4,29-48-20-22-49(23-21-48)42-45-18-8-19-46-42)17-7-10-30(2)31(3)55(5,52)47-41(51)33-12-16-40(54-28-35)39(50)25-33/h7-8,12-14,16-19,24-25,30-31,34-35,38H,5-6,9-11,15,20-23,26-29H2,1-4H3,(H,47,51,52)/b17-7+. The van der Waals surface area contributed by atoms with Crippen molar-refractivity contribution < 1.29 is 18.5 Å². The van der Waals surface area contributed by atoms with Crippen LogP contribution in [0.1, 0.15) is 73.9 Å². The van der Waals surface area contributed by atoms with Crippen LogP contribution in [0.5, 0.6) is 5.75 Å². The molecule has 55 heavy (non-hydrogen) atoms. The second-order valence-corrected chi connectivity index (χ2v) is 18.9. The van der Waals surface area contributed by atoms with Gasteiger partial charge in [0.1, 0.15) is 11.4 Å². The molecule has 4 heterocycles. The van der Waals surface area contributed by atoms with E-state index in [-0.39, 0.29) is 28.9 Å². The Morgan fingerprint density at radius 1 is 1.05 bits per heavy atom. The van der Waals surface area contributed by atoms with Gasteiger partial charge in [-0.15, -0.1) is 0 Å². The number of carbonyl (C=O) groups is 1. The molecule has 1 N–H and O–H groups in total. The van der Waals surface area contributed by atoms with E-state index in [9.17, 15) is 9.00 Å². The summed E-state index contributed by atoms with van der Waals surface area (Å²) in [5.74, 6) is 5.92. The van der Waals surface area contributed by atoms with Crippen LogP contribution in [0.4, 0.5) is 11.6 Å². The van der Waals surface area contributed by atoms with E-state index in [2.05, 4.69) is 73.4 Å². The first-order valence-electron chi connectivity index (χ1n) is 20.0. The molecule has 12 heteroatoms. The molecule has 296 valence electrons. The molecule has 1 aliphatic carbocycles. The number of amides is 1. The second kappa shape index (κ2) is 16.8. The Labute approximate surface area is 332 Å². The fourth-order valence-electron chi connectivity index (χ4n) is 9.01. The first-order chi connectivity index (χ1) is 26.5. The molecule has 0 spiro atoms. The third kappa shape index (κ3) is 8.55. The average molecular weight is 789 g/mol. The Morgan fingerprint density at radius 2 is 1.84 bits per heavy atom. The van der Waals surface area contributed by atoms with E-state index >= 15 is 0 Å². The van der Waals surface area contributed by atoms with Gasteiger partial charge in [-0.1, -0.05) is 50.1 Å². The Morgan fingerprint density at radius 3 is 2.55 bits per heavy atom. The van der Waals surface area contributed by atoms with E-state index in [0.717, 1.165) is 93.9 Å². The predicted molar refractivity (Wildman–Crippen MR) is 224 cm³/mol. The highest BCUT2D eigenvalue weighted by molar-refractivity contribution is 7.99. The molecule has 3 aliphatic heterocycles. The van der Waals surface area contributed by atoms with Gasteiger partial charge in [-0.25, -0.2) is 14.2 Å². The maximum Gasteiger partial charge on any atom is 0.262 e. The van der Waals surface area contributed by atoms with Crippen LogP contribution in [0.15, 0.2) is 67.0 Å². The molecule has 7 unspecified atom stereocenters. The lowest BCUT2D eigenvalue weighted by Gasteiger charge is -2.52. The summed E-state index contributed by atoms with van der Waals surface area (Å²) in [6, 6.07) is 13.7. The molecule has 1 aromatic heterocycles. The molecule has 2 bridgehead atoms. The molecule has 3 aromatic rings. The highest BCUT2D eigenvalue weighted by atomic mass is 35.5. The number of benzene rings is 2. The maximum atomic E-state index is 14.1. The minimum absolute atomic E-state index is 0.00829. The van der Waals surface area contributed by atoms with Crippen LogP contribution < -0.4 is 19.3 Å². The maximum absolute atomic E-state index is 14.1. The van der Waals surface area contributed by atoms with Gasteiger partial charge in [0.05, 0.1) is 22.0 Å². The molecular weight excluding hydrogens is 732 g/mol. The van der Waals surface area contributed by atoms with Crippen LogP contribution >= 0.6 is 11.6 Å². The Bertz CT molecular complexity index is 1960. The van der Waals surface area contributed by atoms with Crippen LogP contribution in [0.25, 0.3) is 0 Å². The number of halogens is 1. The van der Waals surface area contributed by atoms with Gasteiger partial charge in [0, 0.05) is 87.1 Å². The number of allylic oxidation sites excluding steroid dienone is 1. The third-order valence-electron chi connectivity index (χ3n) is 12.6. The number of anilines is 2. The summed E-state index contributed by atoms with van der Waals surface area (Å²) < 4.78 is 30.2. The van der Waals surface area contributed by atoms with Crippen LogP contribution in [-0.2, 0) is 20.9 Å². The van der Waals surface area contributed by atoms with E-state index in [1.54, 1.807) is 18.5 Å². The van der Waals surface area contributed by atoms with Crippen molar-refractivity contribution in [3.8, 4) is 5.75 Å². The molecular formula is C43H57ClN6O4S. The van der Waals surface area contributed by atoms with Gasteiger partial charge >= 0.3 is 0 Å². The number of piperazine rings is 1. The van der Waals surface area contributed by atoms with Crippen molar-refractivity contribution in [2.24, 2.45) is 17.8 Å². The SMILES string of the molecule is C=S1(=O)NC(=O)c2ccc3c(c2)N(CC(c2ccc(Cl)cc2CCC)CO3)CC2CCC2C(CN2CCN(c3ncccn3)CC2)(OC)/C=C/CC(C)C1C. The molecule has 7 rings (SSSR count). The summed E-state index contributed by atoms with van der Waals surface area (Å²) in [6.07, 6.45) is 12.9. The lowest BCUT2D eigenvalue weighted by atomic mass is 9.63. The van der Waals surface area contributed by atoms with E-state index in [4.69, 9.17) is 21.1 Å². The van der Waals surface area contributed by atoms with Crippen LogP contribution in [-0.4, -0.2) is 101 Å². The lowest BCUT2D eigenvalue weighted by Crippen LogP contribution is -2.59. The molecule has 2 aromatic carbocycles. The number of aromatic nitrogens is 2. The third-order valence-corrected chi connectivity index (χ3v) is 15.1. The second-order valence-electron chi connectivity index (χ2n) is 16.1. The molecule has 2 fully saturated rings. The first kappa shape index (κ1) is 39.6. The Balaban J connectivity index is 1.24. The lowest BCUT2D eigenvalue weighted by molar-refractivity contribution is -0.0919. The number of nitrogens with zero attached hydrogens (tertiary/aromatic N) is 5. The molecule has 10 nitrogen and oxygen atoms in total. The van der Waals surface area contributed by atoms with Crippen LogP contribution in [0.2, 0.25) is 5.02 Å². The highest BCUT2D eigenvalue weighted by Crippen LogP contribution is 2.47. The minimum Gasteiger partial charge on any atom is -0.491 e. The Kier molecular flexibility index (Phi) is 12.1. The van der Waals surface area contributed by atoms with Crippen molar-refractivity contribution >= 4 is 44.7 Å². The Hall–Kier alpha value is -3.64. The number of hydrogen-bond donors (Lipinski definition) is 1. The molecule has 1 saturated heterocycles. The number of carbonyl (C=O) groups excluding carboxylic acids is 1. The summed E-state index contributed by atoms with van der Waals surface area (Å²) in [5.41, 5.74) is 3.31. The van der Waals surface area contributed by atoms with Crippen LogP contribution in [0.3, 0.4) is 0 Å². The predicted octanol–water partition coefficient (Wildman–Crippen LogP) is 6.64. The molecule has 4 aliphatic rings. The normalized spacial score (nSPS) is 31.0. The first-order valence-corrected chi connectivity index (χ1v) is 22.1. The zero-order valence-corrected chi connectivity index (χ0v) is 34.4. The molecule has 1 amide bonds. The molecule has 1 saturated carbocycles. The molecule has 0 radical (unpaired) electrons. The summed E-state index contributed by atoms with van der Waals surface area (Å²) in [4.78, 5) is 30.0. The van der Waals surface area contributed by atoms with Crippen LogP contribution in [0, 0.1) is 17.8 Å². The number of rotatable bonds is 7. The number of aryl methyl sites for hydroxylation is 1. The van der Waals surface area contributed by atoms with E-state index < -0.39 is 15.3 Å². The largest absolute Gasteiger partial charge is 0.491 e. The number of fused-ring (bicyclic) bond motifs is 2. The highest BCUT2D eigenvalue weighted by Gasteiger charge is 2.48. The van der Waals surface area contributed by atoms with Crippen molar-refractivity contribution in [3.05, 3.63) is 88.7 Å². The zero-order valence-electron chi connectivity index (χ0n) is 32.8. The van der Waals surface area contributed by atoms with Gasteiger partial charge in [-0.05, 0) is 104 Å². The van der Waals surface area contributed by atoms with Gasteiger partial charge in [0.15, 0.2) is 0 Å². The van der Waals surface area contributed by atoms with Gasteiger partial charge in [-0.3, -0.25) is 14.4 Å². The minimum atomic E-state index is -2.97. The van der Waals surface area contributed by atoms with E-state index in [1.807, 2.05) is 38.3 Å². The fraction of sp³-hybridized carbons (Fsp3) is 0.535. The number of nitrogens with one attached hydrogen (secondary N) is 1. The molecule has 7 atom stereocenters. The summed E-state index contributed by atoms with van der Waals surface area (Å²) in [5, 5.41) is 0.390.